The molecule has 0 atom stereocenters. The van der Waals surface area contributed by atoms with E-state index < -0.39 is 0 Å². The number of aromatic nitrogens is 3. The number of hydrogen-bond acceptors (Lipinski definition) is 5. The molecule has 0 spiro atoms. The van der Waals surface area contributed by atoms with Gasteiger partial charge in [0.2, 0.25) is 0 Å². The van der Waals surface area contributed by atoms with E-state index in [4.69, 9.17) is 4.74 Å². The van der Waals surface area contributed by atoms with Crippen LogP contribution >= 0.6 is 0 Å². The van der Waals surface area contributed by atoms with E-state index in [1.165, 1.54) is 0 Å². The summed E-state index contributed by atoms with van der Waals surface area (Å²) in [6.45, 7) is 2.25. The maximum atomic E-state index is 13.4. The van der Waals surface area contributed by atoms with E-state index in [1.54, 1.807) is 17.3 Å². The number of carbonyl (C=O) groups excluding carboxylic acids is 1. The molecule has 0 bridgehead atoms. The normalized spacial score (nSPS) is 11.1. The minimum absolute atomic E-state index is 0.140. The van der Waals surface area contributed by atoms with Gasteiger partial charge in [-0.15, -0.1) is 0 Å². The summed E-state index contributed by atoms with van der Waals surface area (Å²) < 4.78 is 7.72. The van der Waals surface area contributed by atoms with E-state index in [9.17, 15) is 4.79 Å². The zero-order valence-electron chi connectivity index (χ0n) is 18.4. The van der Waals surface area contributed by atoms with Crippen molar-refractivity contribution in [3.8, 4) is 5.75 Å². The van der Waals surface area contributed by atoms with Crippen LogP contribution in [-0.2, 0) is 13.1 Å². The van der Waals surface area contributed by atoms with Crippen LogP contribution in [0.15, 0.2) is 79.3 Å². The number of rotatable bonds is 9. The maximum absolute atomic E-state index is 13.4. The van der Waals surface area contributed by atoms with Gasteiger partial charge in [-0.05, 0) is 56.1 Å². The molecule has 4 rings (SSSR count). The van der Waals surface area contributed by atoms with Crippen molar-refractivity contribution < 1.29 is 9.53 Å². The van der Waals surface area contributed by atoms with Gasteiger partial charge in [0.15, 0.2) is 0 Å². The summed E-state index contributed by atoms with van der Waals surface area (Å²) in [4.78, 5) is 26.2. The standard InChI is InChI=1S/C25H27N5O2/c1-28(2)14-15-32-22-10-7-8-20(16-22)17-30(18-21-9-3-5-12-26-21)25(31)23-19-29-13-6-4-11-24(29)27-23/h3-13,16,19H,14-15,17-18H2,1-2H3. The molecule has 0 aliphatic rings. The number of carbonyl (C=O) groups is 1. The van der Waals surface area contributed by atoms with Gasteiger partial charge in [-0.25, -0.2) is 4.98 Å². The highest BCUT2D eigenvalue weighted by Crippen LogP contribution is 2.18. The van der Waals surface area contributed by atoms with Crippen LogP contribution < -0.4 is 4.74 Å². The highest BCUT2D eigenvalue weighted by Gasteiger charge is 2.20. The Balaban J connectivity index is 1.56. The van der Waals surface area contributed by atoms with E-state index in [1.807, 2.05) is 85.4 Å². The molecule has 7 heteroatoms. The molecule has 0 unspecified atom stereocenters. The Hall–Kier alpha value is -3.71. The number of imidazole rings is 1. The van der Waals surface area contributed by atoms with Gasteiger partial charge in [0.25, 0.3) is 5.91 Å². The summed E-state index contributed by atoms with van der Waals surface area (Å²) in [5.74, 6) is 0.653. The molecular formula is C25H27N5O2. The molecule has 0 fully saturated rings. The summed E-state index contributed by atoms with van der Waals surface area (Å²) >= 11 is 0. The number of hydrogen-bond donors (Lipinski definition) is 0. The summed E-state index contributed by atoms with van der Waals surface area (Å²) in [6, 6.07) is 19.3. The van der Waals surface area contributed by atoms with Crippen molar-refractivity contribution in [3.05, 3.63) is 96.2 Å². The Morgan fingerprint density at radius 3 is 2.69 bits per heavy atom. The van der Waals surface area contributed by atoms with Gasteiger partial charge < -0.3 is 18.9 Å². The predicted octanol–water partition coefficient (Wildman–Crippen LogP) is 3.51. The van der Waals surface area contributed by atoms with Gasteiger partial charge >= 0.3 is 0 Å². The predicted molar refractivity (Wildman–Crippen MR) is 123 cm³/mol. The quantitative estimate of drug-likeness (QED) is 0.407. The number of amides is 1. The summed E-state index contributed by atoms with van der Waals surface area (Å²) in [7, 11) is 4.03. The maximum Gasteiger partial charge on any atom is 0.274 e. The first-order valence-electron chi connectivity index (χ1n) is 10.6. The molecule has 4 aromatic rings. The second-order valence-electron chi connectivity index (χ2n) is 7.87. The SMILES string of the molecule is CN(C)CCOc1cccc(CN(Cc2ccccn2)C(=O)c2cn3ccccc3n2)c1. The highest BCUT2D eigenvalue weighted by atomic mass is 16.5. The molecule has 7 nitrogen and oxygen atoms in total. The molecule has 3 heterocycles. The molecule has 0 aliphatic carbocycles. The zero-order valence-corrected chi connectivity index (χ0v) is 18.4. The third-order valence-electron chi connectivity index (χ3n) is 5.03. The van der Waals surface area contributed by atoms with Crippen molar-refractivity contribution >= 4 is 11.6 Å². The van der Waals surface area contributed by atoms with Crippen LogP contribution in [0.3, 0.4) is 0 Å². The number of benzene rings is 1. The number of ether oxygens (including phenoxy) is 1. The van der Waals surface area contributed by atoms with Crippen LogP contribution in [0.2, 0.25) is 0 Å². The molecule has 0 aliphatic heterocycles. The van der Waals surface area contributed by atoms with E-state index in [0.717, 1.165) is 29.2 Å². The van der Waals surface area contributed by atoms with E-state index in [-0.39, 0.29) is 5.91 Å². The minimum Gasteiger partial charge on any atom is -0.492 e. The van der Waals surface area contributed by atoms with E-state index in [0.29, 0.717) is 25.4 Å². The molecule has 32 heavy (non-hydrogen) atoms. The molecular weight excluding hydrogens is 402 g/mol. The van der Waals surface area contributed by atoms with Crippen LogP contribution in [0.5, 0.6) is 5.75 Å². The average molecular weight is 430 g/mol. The monoisotopic (exact) mass is 429 g/mol. The van der Waals surface area contributed by atoms with E-state index in [2.05, 4.69) is 14.9 Å². The van der Waals surface area contributed by atoms with Gasteiger partial charge in [-0.3, -0.25) is 9.78 Å². The summed E-state index contributed by atoms with van der Waals surface area (Å²) in [5.41, 5.74) is 2.96. The van der Waals surface area contributed by atoms with Gasteiger partial charge in [0, 0.05) is 31.7 Å². The van der Waals surface area contributed by atoms with Crippen LogP contribution in [-0.4, -0.2) is 57.3 Å². The topological polar surface area (TPSA) is 63.0 Å². The van der Waals surface area contributed by atoms with Gasteiger partial charge in [0.1, 0.15) is 23.7 Å². The van der Waals surface area contributed by atoms with Crippen LogP contribution in [0.4, 0.5) is 0 Å². The highest BCUT2D eigenvalue weighted by molar-refractivity contribution is 5.92. The second kappa shape index (κ2) is 10.1. The Morgan fingerprint density at radius 1 is 1.03 bits per heavy atom. The zero-order chi connectivity index (χ0) is 22.3. The fourth-order valence-electron chi connectivity index (χ4n) is 3.39. The third kappa shape index (κ3) is 5.50. The van der Waals surface area contributed by atoms with Gasteiger partial charge in [-0.2, -0.15) is 0 Å². The third-order valence-corrected chi connectivity index (χ3v) is 5.03. The first kappa shape index (κ1) is 21.5. The van der Waals surface area contributed by atoms with Crippen LogP contribution in [0.25, 0.3) is 5.65 Å². The summed E-state index contributed by atoms with van der Waals surface area (Å²) in [5, 5.41) is 0. The molecule has 0 radical (unpaired) electrons. The molecule has 0 N–H and O–H groups in total. The lowest BCUT2D eigenvalue weighted by atomic mass is 10.2. The fraction of sp³-hybridized carbons (Fsp3) is 0.240. The fourth-order valence-corrected chi connectivity index (χ4v) is 3.39. The molecule has 3 aromatic heterocycles. The lowest BCUT2D eigenvalue weighted by Gasteiger charge is -2.22. The van der Waals surface area contributed by atoms with Crippen molar-refractivity contribution in [1.29, 1.82) is 0 Å². The second-order valence-corrected chi connectivity index (χ2v) is 7.87. The Bertz CT molecular complexity index is 1140. The number of nitrogens with zero attached hydrogens (tertiary/aromatic N) is 5. The van der Waals surface area contributed by atoms with Crippen molar-refractivity contribution in [2.45, 2.75) is 13.1 Å². The first-order valence-corrected chi connectivity index (χ1v) is 10.6. The summed E-state index contributed by atoms with van der Waals surface area (Å²) in [6.07, 6.45) is 5.39. The number of pyridine rings is 2. The molecule has 1 amide bonds. The largest absolute Gasteiger partial charge is 0.492 e. The molecule has 0 saturated heterocycles. The van der Waals surface area contributed by atoms with Crippen molar-refractivity contribution in [1.82, 2.24) is 24.2 Å². The lowest BCUT2D eigenvalue weighted by Crippen LogP contribution is -2.30. The van der Waals surface area contributed by atoms with Gasteiger partial charge in [0.05, 0.1) is 12.2 Å². The van der Waals surface area contributed by atoms with Crippen molar-refractivity contribution in [2.75, 3.05) is 27.2 Å². The van der Waals surface area contributed by atoms with Crippen LogP contribution in [0.1, 0.15) is 21.7 Å². The first-order chi connectivity index (χ1) is 15.6. The minimum atomic E-state index is -0.140. The van der Waals surface area contributed by atoms with Crippen molar-refractivity contribution in [3.63, 3.8) is 0 Å². The van der Waals surface area contributed by atoms with Gasteiger partial charge in [-0.1, -0.05) is 24.3 Å². The molecule has 1 aromatic carbocycles. The number of likely N-dealkylation sites (N-methyl/N-ethyl adjacent to an activating group) is 1. The average Bonchev–Trinajstić information content (AvgIpc) is 3.23. The molecule has 0 saturated carbocycles. The Labute approximate surface area is 187 Å². The molecule has 164 valence electrons. The van der Waals surface area contributed by atoms with Crippen LogP contribution in [0, 0.1) is 0 Å². The van der Waals surface area contributed by atoms with Crippen molar-refractivity contribution in [2.24, 2.45) is 0 Å². The van der Waals surface area contributed by atoms with E-state index >= 15 is 0 Å². The lowest BCUT2D eigenvalue weighted by molar-refractivity contribution is 0.0722. The Morgan fingerprint density at radius 2 is 1.91 bits per heavy atom. The smallest absolute Gasteiger partial charge is 0.274 e. The number of fused-ring (bicyclic) bond motifs is 1. The Kier molecular flexibility index (Phi) is 6.77.